The van der Waals surface area contributed by atoms with Crippen LogP contribution in [0.25, 0.3) is 0 Å². The zero-order valence-corrected chi connectivity index (χ0v) is 13.2. The van der Waals surface area contributed by atoms with Gasteiger partial charge in [0.15, 0.2) is 5.75 Å². The molecule has 1 aromatic carbocycles. The van der Waals surface area contributed by atoms with Crippen molar-refractivity contribution in [1.82, 2.24) is 0 Å². The second-order valence-electron chi connectivity index (χ2n) is 5.56. The Kier molecular flexibility index (Phi) is 5.16. The second kappa shape index (κ2) is 6.70. The minimum absolute atomic E-state index is 0.0438. The molecule has 0 unspecified atom stereocenters. The van der Waals surface area contributed by atoms with Crippen LogP contribution in [0.15, 0.2) is 16.6 Å². The van der Waals surface area contributed by atoms with Gasteiger partial charge in [-0.3, -0.25) is 10.1 Å². The summed E-state index contributed by atoms with van der Waals surface area (Å²) in [5, 5.41) is 11.0. The Labute approximate surface area is 130 Å². The van der Waals surface area contributed by atoms with Gasteiger partial charge in [-0.2, -0.15) is 0 Å². The summed E-state index contributed by atoms with van der Waals surface area (Å²) in [5.74, 6) is -0.645. The molecule has 0 radical (unpaired) electrons. The molecule has 0 bridgehead atoms. The van der Waals surface area contributed by atoms with Crippen molar-refractivity contribution in [2.45, 2.75) is 44.1 Å². The number of nitrogens with two attached hydrogens (primary N) is 1. The van der Waals surface area contributed by atoms with Crippen LogP contribution in [-0.2, 0) is 0 Å². The molecule has 0 aromatic heterocycles. The van der Waals surface area contributed by atoms with Crippen LogP contribution in [0.2, 0.25) is 0 Å². The lowest BCUT2D eigenvalue weighted by Crippen LogP contribution is -2.45. The molecule has 1 aliphatic rings. The minimum atomic E-state index is -0.689. The van der Waals surface area contributed by atoms with Gasteiger partial charge in [-0.25, -0.2) is 4.39 Å². The normalized spacial score (nSPS) is 18.0. The molecule has 116 valence electrons. The van der Waals surface area contributed by atoms with Gasteiger partial charge in [-0.05, 0) is 28.8 Å². The van der Waals surface area contributed by atoms with Gasteiger partial charge in [0.2, 0.25) is 0 Å². The van der Waals surface area contributed by atoms with E-state index >= 15 is 0 Å². The van der Waals surface area contributed by atoms with Gasteiger partial charge in [-0.1, -0.05) is 25.7 Å². The van der Waals surface area contributed by atoms with Crippen LogP contribution in [0, 0.1) is 15.9 Å². The van der Waals surface area contributed by atoms with E-state index in [4.69, 9.17) is 10.5 Å². The van der Waals surface area contributed by atoms with Gasteiger partial charge in [-0.15, -0.1) is 0 Å². The molecule has 1 aromatic rings. The fourth-order valence-corrected chi connectivity index (χ4v) is 2.90. The summed E-state index contributed by atoms with van der Waals surface area (Å²) in [6, 6.07) is 2.14. The molecule has 0 amide bonds. The number of nitro groups is 1. The largest absolute Gasteiger partial charge is 0.485 e. The Morgan fingerprint density at radius 1 is 1.33 bits per heavy atom. The zero-order chi connectivity index (χ0) is 15.5. The molecule has 1 saturated carbocycles. The predicted octanol–water partition coefficient (Wildman–Crippen LogP) is 3.93. The van der Waals surface area contributed by atoms with Gasteiger partial charge in [0.25, 0.3) is 0 Å². The number of rotatable bonds is 4. The SMILES string of the molecule is NC1(COc2cc(Br)c(F)cc2[N+](=O)[O-])CCCCCC1. The third kappa shape index (κ3) is 4.14. The molecule has 7 heteroatoms. The Balaban J connectivity index is 2.15. The lowest BCUT2D eigenvalue weighted by molar-refractivity contribution is -0.386. The number of benzene rings is 1. The van der Waals surface area contributed by atoms with Crippen LogP contribution in [0.5, 0.6) is 5.75 Å². The standard InChI is InChI=1S/C14H18BrFN2O3/c15-10-7-13(12(18(19)20)8-11(10)16)21-9-14(17)5-3-1-2-4-6-14/h7-8H,1-6,9,17H2. The lowest BCUT2D eigenvalue weighted by Gasteiger charge is -2.27. The van der Waals surface area contributed by atoms with E-state index in [0.717, 1.165) is 44.6 Å². The second-order valence-corrected chi connectivity index (χ2v) is 6.41. The van der Waals surface area contributed by atoms with Crippen molar-refractivity contribution in [2.75, 3.05) is 6.61 Å². The fourth-order valence-electron chi connectivity index (χ4n) is 2.57. The molecule has 2 N–H and O–H groups in total. The number of hydrogen-bond acceptors (Lipinski definition) is 4. The number of nitrogens with zero attached hydrogens (tertiary/aromatic N) is 1. The average Bonchev–Trinajstić information content (AvgIpc) is 2.65. The highest BCUT2D eigenvalue weighted by atomic mass is 79.9. The predicted molar refractivity (Wildman–Crippen MR) is 80.9 cm³/mol. The van der Waals surface area contributed by atoms with Crippen LogP contribution >= 0.6 is 15.9 Å². The topological polar surface area (TPSA) is 78.4 Å². The van der Waals surface area contributed by atoms with Gasteiger partial charge < -0.3 is 10.5 Å². The fraction of sp³-hybridized carbons (Fsp3) is 0.571. The maximum absolute atomic E-state index is 13.4. The number of hydrogen-bond donors (Lipinski definition) is 1. The molecular formula is C14H18BrFN2O3. The minimum Gasteiger partial charge on any atom is -0.485 e. The maximum Gasteiger partial charge on any atom is 0.313 e. The van der Waals surface area contributed by atoms with Crippen molar-refractivity contribution >= 4 is 21.6 Å². The van der Waals surface area contributed by atoms with Crippen LogP contribution in [0.3, 0.4) is 0 Å². The van der Waals surface area contributed by atoms with Crippen molar-refractivity contribution in [3.63, 3.8) is 0 Å². The molecule has 1 fully saturated rings. The van der Waals surface area contributed by atoms with E-state index in [1.54, 1.807) is 0 Å². The van der Waals surface area contributed by atoms with Crippen molar-refractivity contribution in [3.05, 3.63) is 32.5 Å². The third-order valence-corrected chi connectivity index (χ3v) is 4.42. The van der Waals surface area contributed by atoms with Gasteiger partial charge in [0.1, 0.15) is 12.4 Å². The summed E-state index contributed by atoms with van der Waals surface area (Å²) >= 11 is 3.01. The first-order valence-electron chi connectivity index (χ1n) is 6.96. The van der Waals surface area contributed by atoms with E-state index in [1.807, 2.05) is 0 Å². The van der Waals surface area contributed by atoms with Crippen molar-refractivity contribution in [1.29, 1.82) is 0 Å². The van der Waals surface area contributed by atoms with Gasteiger partial charge in [0.05, 0.1) is 21.0 Å². The van der Waals surface area contributed by atoms with E-state index < -0.39 is 16.3 Å². The van der Waals surface area contributed by atoms with E-state index in [-0.39, 0.29) is 22.5 Å². The molecule has 0 spiro atoms. The Hall–Kier alpha value is -1.21. The van der Waals surface area contributed by atoms with Gasteiger partial charge in [0, 0.05) is 6.07 Å². The van der Waals surface area contributed by atoms with E-state index in [1.165, 1.54) is 6.07 Å². The third-order valence-electron chi connectivity index (χ3n) is 3.81. The first-order valence-corrected chi connectivity index (χ1v) is 7.76. The molecule has 0 heterocycles. The highest BCUT2D eigenvalue weighted by Crippen LogP contribution is 2.34. The lowest BCUT2D eigenvalue weighted by atomic mass is 9.92. The van der Waals surface area contributed by atoms with Crippen LogP contribution in [0.1, 0.15) is 38.5 Å². The summed E-state index contributed by atoms with van der Waals surface area (Å²) in [4.78, 5) is 10.3. The average molecular weight is 361 g/mol. The van der Waals surface area contributed by atoms with E-state index in [2.05, 4.69) is 15.9 Å². The first-order chi connectivity index (χ1) is 9.91. The Bertz CT molecular complexity index is 531. The molecular weight excluding hydrogens is 343 g/mol. The van der Waals surface area contributed by atoms with Crippen molar-refractivity contribution in [3.8, 4) is 5.75 Å². The summed E-state index contributed by atoms with van der Waals surface area (Å²) in [6.07, 6.45) is 6.05. The van der Waals surface area contributed by atoms with Crippen LogP contribution in [-0.4, -0.2) is 17.1 Å². The van der Waals surface area contributed by atoms with E-state index in [0.29, 0.717) is 0 Å². The zero-order valence-electron chi connectivity index (χ0n) is 11.6. The molecule has 1 aliphatic carbocycles. The summed E-state index contributed by atoms with van der Waals surface area (Å²) in [7, 11) is 0. The van der Waals surface area contributed by atoms with Crippen molar-refractivity contribution in [2.24, 2.45) is 5.73 Å². The number of nitro benzene ring substituents is 1. The quantitative estimate of drug-likeness (QED) is 0.501. The highest BCUT2D eigenvalue weighted by Gasteiger charge is 2.29. The number of ether oxygens (including phenoxy) is 1. The van der Waals surface area contributed by atoms with E-state index in [9.17, 15) is 14.5 Å². The molecule has 2 rings (SSSR count). The van der Waals surface area contributed by atoms with Crippen molar-refractivity contribution < 1.29 is 14.1 Å². The molecule has 5 nitrogen and oxygen atoms in total. The smallest absolute Gasteiger partial charge is 0.313 e. The summed E-state index contributed by atoms with van der Waals surface area (Å²) < 4.78 is 19.1. The summed E-state index contributed by atoms with van der Waals surface area (Å²) in [6.45, 7) is 0.200. The molecule has 0 atom stereocenters. The molecule has 21 heavy (non-hydrogen) atoms. The number of halogens is 2. The molecule has 0 saturated heterocycles. The molecule has 0 aliphatic heterocycles. The Morgan fingerprint density at radius 2 is 1.95 bits per heavy atom. The first kappa shape index (κ1) is 16.2. The van der Waals surface area contributed by atoms with Gasteiger partial charge >= 0.3 is 5.69 Å². The van der Waals surface area contributed by atoms with Crippen LogP contribution < -0.4 is 10.5 Å². The monoisotopic (exact) mass is 360 g/mol. The highest BCUT2D eigenvalue weighted by molar-refractivity contribution is 9.10. The maximum atomic E-state index is 13.4. The van der Waals surface area contributed by atoms with Crippen LogP contribution in [0.4, 0.5) is 10.1 Å². The summed E-state index contributed by atoms with van der Waals surface area (Å²) in [5.41, 5.74) is 5.47. The Morgan fingerprint density at radius 3 is 2.52 bits per heavy atom.